The number of aryl methyl sites for hydroxylation is 1. The predicted octanol–water partition coefficient (Wildman–Crippen LogP) is 2.42. The van der Waals surface area contributed by atoms with E-state index in [0.29, 0.717) is 18.4 Å². The molecule has 0 radical (unpaired) electrons. The van der Waals surface area contributed by atoms with Crippen molar-refractivity contribution in [2.45, 2.75) is 39.2 Å². The zero-order valence-electron chi connectivity index (χ0n) is 11.1. The maximum atomic E-state index is 13.8. The highest BCUT2D eigenvalue weighted by Gasteiger charge is 2.25. The molecule has 2 N–H and O–H groups in total. The smallest absolute Gasteiger partial charge is 0.254 e. The fourth-order valence-corrected chi connectivity index (χ4v) is 1.74. The van der Waals surface area contributed by atoms with Crippen LogP contribution in [0.2, 0.25) is 0 Å². The first-order valence-electron chi connectivity index (χ1n) is 6.12. The largest absolute Gasteiger partial charge is 0.396 e. The topological polar surface area (TPSA) is 49.3 Å². The minimum absolute atomic E-state index is 0.0130. The fraction of sp³-hybridized carbons (Fsp3) is 0.500. The minimum atomic E-state index is -0.512. The third-order valence-corrected chi connectivity index (χ3v) is 3.30. The van der Waals surface area contributed by atoms with Crippen molar-refractivity contribution in [2.75, 3.05) is 6.61 Å². The molecule has 0 unspecified atom stereocenters. The normalized spacial score (nSPS) is 14.1. The second-order valence-corrected chi connectivity index (χ2v) is 4.78. The highest BCUT2D eigenvalue weighted by Crippen LogP contribution is 2.17. The lowest BCUT2D eigenvalue weighted by Crippen LogP contribution is -2.46. The van der Waals surface area contributed by atoms with Crippen molar-refractivity contribution in [2.24, 2.45) is 0 Å². The number of halogens is 1. The summed E-state index contributed by atoms with van der Waals surface area (Å²) in [5.74, 6) is -0.925. The molecule has 1 aromatic rings. The molecule has 1 rings (SSSR count). The Kier molecular flexibility index (Phi) is 4.84. The molecular formula is C14H20FNO2. The number of rotatable bonds is 5. The average molecular weight is 253 g/mol. The number of hydrogen-bond acceptors (Lipinski definition) is 2. The van der Waals surface area contributed by atoms with Gasteiger partial charge < -0.3 is 10.4 Å². The Morgan fingerprint density at radius 2 is 2.17 bits per heavy atom. The van der Waals surface area contributed by atoms with E-state index >= 15 is 0 Å². The van der Waals surface area contributed by atoms with Crippen molar-refractivity contribution in [1.29, 1.82) is 0 Å². The second-order valence-electron chi connectivity index (χ2n) is 4.78. The van der Waals surface area contributed by atoms with Crippen LogP contribution in [0.4, 0.5) is 4.39 Å². The van der Waals surface area contributed by atoms with E-state index in [9.17, 15) is 9.18 Å². The van der Waals surface area contributed by atoms with E-state index in [1.165, 1.54) is 6.07 Å². The summed E-state index contributed by atoms with van der Waals surface area (Å²) >= 11 is 0. The van der Waals surface area contributed by atoms with Crippen molar-refractivity contribution < 1.29 is 14.3 Å². The number of carbonyl (C=O) groups excluding carboxylic acids is 1. The predicted molar refractivity (Wildman–Crippen MR) is 69.0 cm³/mol. The van der Waals surface area contributed by atoms with Crippen LogP contribution >= 0.6 is 0 Å². The Bertz CT molecular complexity index is 434. The molecule has 0 bridgehead atoms. The van der Waals surface area contributed by atoms with Gasteiger partial charge in [0.25, 0.3) is 5.91 Å². The van der Waals surface area contributed by atoms with E-state index in [-0.39, 0.29) is 12.2 Å². The second kappa shape index (κ2) is 5.96. The molecule has 1 aromatic carbocycles. The molecule has 0 aliphatic carbocycles. The van der Waals surface area contributed by atoms with E-state index in [4.69, 9.17) is 5.11 Å². The molecule has 100 valence electrons. The standard InChI is InChI=1S/C14H20FNO2/c1-4-14(3,8-9-17)16-13(18)11-7-5-6-10(2)12(11)15/h5-7,17H,4,8-9H2,1-3H3,(H,16,18)/t14-/m1/s1. The monoisotopic (exact) mass is 253 g/mol. The van der Waals surface area contributed by atoms with Gasteiger partial charge in [-0.3, -0.25) is 4.79 Å². The molecule has 0 spiro atoms. The van der Waals surface area contributed by atoms with Gasteiger partial charge in [-0.2, -0.15) is 0 Å². The first-order valence-corrected chi connectivity index (χ1v) is 6.12. The zero-order valence-corrected chi connectivity index (χ0v) is 11.1. The van der Waals surface area contributed by atoms with E-state index in [0.717, 1.165) is 0 Å². The summed E-state index contributed by atoms with van der Waals surface area (Å²) < 4.78 is 13.8. The van der Waals surface area contributed by atoms with Crippen LogP contribution < -0.4 is 5.32 Å². The summed E-state index contributed by atoms with van der Waals surface area (Å²) in [5.41, 5.74) is -0.0159. The first-order chi connectivity index (χ1) is 8.43. The molecule has 18 heavy (non-hydrogen) atoms. The van der Waals surface area contributed by atoms with Crippen LogP contribution in [-0.4, -0.2) is 23.2 Å². The Balaban J connectivity index is 2.91. The quantitative estimate of drug-likeness (QED) is 0.846. The van der Waals surface area contributed by atoms with Gasteiger partial charge in [-0.15, -0.1) is 0 Å². The van der Waals surface area contributed by atoms with Gasteiger partial charge in [0.15, 0.2) is 0 Å². The van der Waals surface area contributed by atoms with E-state index in [1.54, 1.807) is 19.1 Å². The van der Waals surface area contributed by atoms with E-state index in [2.05, 4.69) is 5.32 Å². The van der Waals surface area contributed by atoms with Gasteiger partial charge in [-0.05, 0) is 38.3 Å². The molecule has 0 fully saturated rings. The van der Waals surface area contributed by atoms with Crippen LogP contribution in [-0.2, 0) is 0 Å². The SMILES string of the molecule is CC[C@](C)(CCO)NC(=O)c1cccc(C)c1F. The fourth-order valence-electron chi connectivity index (χ4n) is 1.74. The van der Waals surface area contributed by atoms with Crippen LogP contribution in [0.25, 0.3) is 0 Å². The highest BCUT2D eigenvalue weighted by atomic mass is 19.1. The van der Waals surface area contributed by atoms with E-state index in [1.807, 2.05) is 13.8 Å². The number of amides is 1. The molecule has 0 heterocycles. The van der Waals surface area contributed by atoms with E-state index < -0.39 is 17.3 Å². The van der Waals surface area contributed by atoms with Gasteiger partial charge in [-0.1, -0.05) is 19.1 Å². The van der Waals surface area contributed by atoms with Crippen molar-refractivity contribution in [1.82, 2.24) is 5.32 Å². The van der Waals surface area contributed by atoms with Crippen molar-refractivity contribution in [3.63, 3.8) is 0 Å². The van der Waals surface area contributed by atoms with Gasteiger partial charge in [-0.25, -0.2) is 4.39 Å². The number of aliphatic hydroxyl groups excluding tert-OH is 1. The molecule has 3 nitrogen and oxygen atoms in total. The molecule has 0 aliphatic rings. The highest BCUT2D eigenvalue weighted by molar-refractivity contribution is 5.95. The van der Waals surface area contributed by atoms with Gasteiger partial charge in [0.2, 0.25) is 0 Å². The molecule has 0 saturated carbocycles. The molecule has 0 aromatic heterocycles. The number of benzene rings is 1. The van der Waals surface area contributed by atoms with Crippen LogP contribution in [0.1, 0.15) is 42.6 Å². The van der Waals surface area contributed by atoms with Gasteiger partial charge in [0.05, 0.1) is 5.56 Å². The number of nitrogens with one attached hydrogen (secondary N) is 1. The summed E-state index contributed by atoms with van der Waals surface area (Å²) in [5, 5.41) is 11.8. The summed E-state index contributed by atoms with van der Waals surface area (Å²) in [4.78, 5) is 12.0. The van der Waals surface area contributed by atoms with Gasteiger partial charge in [0, 0.05) is 12.1 Å². The van der Waals surface area contributed by atoms with Crippen LogP contribution in [0.5, 0.6) is 0 Å². The van der Waals surface area contributed by atoms with Crippen molar-refractivity contribution in [3.8, 4) is 0 Å². The van der Waals surface area contributed by atoms with Crippen LogP contribution in [0.15, 0.2) is 18.2 Å². The minimum Gasteiger partial charge on any atom is -0.396 e. The molecular weight excluding hydrogens is 233 g/mol. The van der Waals surface area contributed by atoms with Crippen molar-refractivity contribution >= 4 is 5.91 Å². The van der Waals surface area contributed by atoms with Gasteiger partial charge >= 0.3 is 0 Å². The lowest BCUT2D eigenvalue weighted by Gasteiger charge is -2.29. The first kappa shape index (κ1) is 14.6. The Labute approximate surface area is 107 Å². The molecule has 1 atom stereocenters. The molecule has 0 saturated heterocycles. The zero-order chi connectivity index (χ0) is 13.8. The van der Waals surface area contributed by atoms with Gasteiger partial charge in [0.1, 0.15) is 5.82 Å². The van der Waals surface area contributed by atoms with Crippen LogP contribution in [0, 0.1) is 12.7 Å². The molecule has 1 amide bonds. The number of aliphatic hydroxyl groups is 1. The molecule has 0 aliphatic heterocycles. The summed E-state index contributed by atoms with van der Waals surface area (Å²) in [6.07, 6.45) is 1.12. The maximum Gasteiger partial charge on any atom is 0.254 e. The Morgan fingerprint density at radius 3 is 2.72 bits per heavy atom. The number of hydrogen-bond donors (Lipinski definition) is 2. The Morgan fingerprint density at radius 1 is 1.50 bits per heavy atom. The third kappa shape index (κ3) is 3.29. The average Bonchev–Trinajstić information content (AvgIpc) is 2.32. The summed E-state index contributed by atoms with van der Waals surface area (Å²) in [6, 6.07) is 4.74. The maximum absolute atomic E-state index is 13.8. The Hall–Kier alpha value is -1.42. The van der Waals surface area contributed by atoms with Crippen molar-refractivity contribution in [3.05, 3.63) is 35.1 Å². The third-order valence-electron chi connectivity index (χ3n) is 3.30. The lowest BCUT2D eigenvalue weighted by atomic mass is 9.94. The summed E-state index contributed by atoms with van der Waals surface area (Å²) in [6.45, 7) is 5.37. The lowest BCUT2D eigenvalue weighted by molar-refractivity contribution is 0.0882. The molecule has 4 heteroatoms. The number of carbonyl (C=O) groups is 1. The summed E-state index contributed by atoms with van der Waals surface area (Å²) in [7, 11) is 0. The van der Waals surface area contributed by atoms with Crippen LogP contribution in [0.3, 0.4) is 0 Å².